The Kier molecular flexibility index (Phi) is 4.70. The standard InChI is InChI=1S/C18H19F3N6O/c19-18(20,21)16-6-10-26(24-16)14-4-8-25(9-5-14)17(28)22-11-13-12-23-27-7-2-1-3-15(13)27/h1-3,6-7,10,12,14H,4-5,8-9,11H2,(H,22,28). The molecular weight excluding hydrogens is 373 g/mol. The first kappa shape index (κ1) is 18.3. The van der Waals surface area contributed by atoms with E-state index in [1.165, 1.54) is 10.9 Å². The summed E-state index contributed by atoms with van der Waals surface area (Å²) in [5, 5.41) is 10.8. The van der Waals surface area contributed by atoms with Gasteiger partial charge in [0, 0.05) is 37.6 Å². The number of rotatable bonds is 3. The number of halogens is 3. The van der Waals surface area contributed by atoms with E-state index >= 15 is 0 Å². The highest BCUT2D eigenvalue weighted by Crippen LogP contribution is 2.29. The van der Waals surface area contributed by atoms with Crippen molar-refractivity contribution in [2.24, 2.45) is 0 Å². The zero-order chi connectivity index (χ0) is 19.7. The van der Waals surface area contributed by atoms with Gasteiger partial charge in [-0.15, -0.1) is 0 Å². The normalized spacial score (nSPS) is 15.9. The molecule has 28 heavy (non-hydrogen) atoms. The van der Waals surface area contributed by atoms with E-state index in [4.69, 9.17) is 0 Å². The molecule has 148 valence electrons. The van der Waals surface area contributed by atoms with Gasteiger partial charge in [-0.3, -0.25) is 4.68 Å². The molecule has 0 saturated carbocycles. The number of carbonyl (C=O) groups excluding carboxylic acids is 1. The molecule has 3 aromatic rings. The summed E-state index contributed by atoms with van der Waals surface area (Å²) in [4.78, 5) is 14.1. The minimum Gasteiger partial charge on any atom is -0.334 e. The van der Waals surface area contributed by atoms with Crippen LogP contribution < -0.4 is 5.32 Å². The van der Waals surface area contributed by atoms with Crippen LogP contribution in [0.15, 0.2) is 42.9 Å². The van der Waals surface area contributed by atoms with E-state index in [-0.39, 0.29) is 12.1 Å². The Morgan fingerprint density at radius 1 is 1.18 bits per heavy atom. The van der Waals surface area contributed by atoms with Gasteiger partial charge in [-0.2, -0.15) is 23.4 Å². The monoisotopic (exact) mass is 392 g/mol. The van der Waals surface area contributed by atoms with Gasteiger partial charge in [0.2, 0.25) is 0 Å². The van der Waals surface area contributed by atoms with Crippen LogP contribution in [0, 0.1) is 0 Å². The third kappa shape index (κ3) is 3.67. The summed E-state index contributed by atoms with van der Waals surface area (Å²) in [5.41, 5.74) is 0.960. The minimum atomic E-state index is -4.44. The van der Waals surface area contributed by atoms with Crippen molar-refractivity contribution in [2.45, 2.75) is 31.6 Å². The van der Waals surface area contributed by atoms with Crippen LogP contribution in [0.1, 0.15) is 30.1 Å². The molecule has 3 aromatic heterocycles. The quantitative estimate of drug-likeness (QED) is 0.745. The number of aromatic nitrogens is 4. The maximum absolute atomic E-state index is 12.7. The molecule has 1 fully saturated rings. The number of piperidine rings is 1. The second-order valence-electron chi connectivity index (χ2n) is 6.76. The SMILES string of the molecule is O=C(NCc1cnn2ccccc12)N1CCC(n2ccc(C(F)(F)F)n2)CC1. The molecule has 0 radical (unpaired) electrons. The van der Waals surface area contributed by atoms with Crippen molar-refractivity contribution in [1.29, 1.82) is 0 Å². The van der Waals surface area contributed by atoms with E-state index < -0.39 is 11.9 Å². The molecule has 10 heteroatoms. The van der Waals surface area contributed by atoms with Crippen molar-refractivity contribution in [1.82, 2.24) is 29.6 Å². The van der Waals surface area contributed by atoms with Crippen LogP contribution in [-0.2, 0) is 12.7 Å². The first-order chi connectivity index (χ1) is 13.4. The number of pyridine rings is 1. The molecule has 0 aromatic carbocycles. The van der Waals surface area contributed by atoms with Gasteiger partial charge in [-0.1, -0.05) is 6.07 Å². The highest BCUT2D eigenvalue weighted by atomic mass is 19.4. The molecule has 1 aliphatic heterocycles. The highest BCUT2D eigenvalue weighted by molar-refractivity contribution is 5.74. The highest BCUT2D eigenvalue weighted by Gasteiger charge is 2.34. The first-order valence-electron chi connectivity index (χ1n) is 8.98. The smallest absolute Gasteiger partial charge is 0.334 e. The van der Waals surface area contributed by atoms with Gasteiger partial charge in [0.15, 0.2) is 5.69 Å². The number of nitrogens with zero attached hydrogens (tertiary/aromatic N) is 5. The molecular formula is C18H19F3N6O. The van der Waals surface area contributed by atoms with E-state index in [1.54, 1.807) is 15.6 Å². The second kappa shape index (κ2) is 7.17. The van der Waals surface area contributed by atoms with E-state index in [9.17, 15) is 18.0 Å². The van der Waals surface area contributed by atoms with Crippen molar-refractivity contribution in [2.75, 3.05) is 13.1 Å². The fraction of sp³-hybridized carbons (Fsp3) is 0.389. The average Bonchev–Trinajstić information content (AvgIpc) is 3.34. The van der Waals surface area contributed by atoms with Gasteiger partial charge in [0.05, 0.1) is 17.8 Å². The number of likely N-dealkylation sites (tertiary alicyclic amines) is 1. The number of nitrogens with one attached hydrogen (secondary N) is 1. The lowest BCUT2D eigenvalue weighted by atomic mass is 10.1. The van der Waals surface area contributed by atoms with Gasteiger partial charge in [0.1, 0.15) is 0 Å². The van der Waals surface area contributed by atoms with E-state index in [0.717, 1.165) is 17.1 Å². The Morgan fingerprint density at radius 2 is 1.96 bits per heavy atom. The molecule has 0 aliphatic carbocycles. The Morgan fingerprint density at radius 3 is 2.68 bits per heavy atom. The topological polar surface area (TPSA) is 67.5 Å². The molecule has 0 spiro atoms. The van der Waals surface area contributed by atoms with E-state index in [0.29, 0.717) is 32.5 Å². The van der Waals surface area contributed by atoms with Crippen LogP contribution in [0.2, 0.25) is 0 Å². The second-order valence-corrected chi connectivity index (χ2v) is 6.76. The van der Waals surface area contributed by atoms with Gasteiger partial charge >= 0.3 is 12.2 Å². The zero-order valence-corrected chi connectivity index (χ0v) is 14.9. The molecule has 1 N–H and O–H groups in total. The molecule has 0 unspecified atom stereocenters. The van der Waals surface area contributed by atoms with Crippen molar-refractivity contribution in [3.63, 3.8) is 0 Å². The number of fused-ring (bicyclic) bond motifs is 1. The van der Waals surface area contributed by atoms with E-state index in [2.05, 4.69) is 15.5 Å². The van der Waals surface area contributed by atoms with Crippen LogP contribution >= 0.6 is 0 Å². The lowest BCUT2D eigenvalue weighted by Crippen LogP contribution is -2.44. The number of hydrogen-bond acceptors (Lipinski definition) is 3. The fourth-order valence-corrected chi connectivity index (χ4v) is 3.43. The first-order valence-corrected chi connectivity index (χ1v) is 8.98. The van der Waals surface area contributed by atoms with Crippen LogP contribution in [0.5, 0.6) is 0 Å². The average molecular weight is 392 g/mol. The van der Waals surface area contributed by atoms with E-state index in [1.807, 2.05) is 24.4 Å². The van der Waals surface area contributed by atoms with Crippen molar-refractivity contribution in [3.8, 4) is 0 Å². The Labute approximate surface area is 158 Å². The van der Waals surface area contributed by atoms with Crippen molar-refractivity contribution < 1.29 is 18.0 Å². The Balaban J connectivity index is 1.31. The maximum atomic E-state index is 12.7. The molecule has 0 atom stereocenters. The largest absolute Gasteiger partial charge is 0.435 e. The summed E-state index contributed by atoms with van der Waals surface area (Å²) in [6.07, 6.45) is 1.59. The third-order valence-electron chi connectivity index (χ3n) is 4.96. The third-order valence-corrected chi connectivity index (χ3v) is 4.96. The molecule has 4 rings (SSSR count). The summed E-state index contributed by atoms with van der Waals surface area (Å²) >= 11 is 0. The summed E-state index contributed by atoms with van der Waals surface area (Å²) in [5.74, 6) is 0. The van der Waals surface area contributed by atoms with Crippen LogP contribution in [0.4, 0.5) is 18.0 Å². The number of urea groups is 1. The summed E-state index contributed by atoms with van der Waals surface area (Å²) in [7, 11) is 0. The van der Waals surface area contributed by atoms with Gasteiger partial charge in [-0.25, -0.2) is 9.31 Å². The number of amides is 2. The van der Waals surface area contributed by atoms with Crippen LogP contribution in [-0.4, -0.2) is 43.4 Å². The summed E-state index contributed by atoms with van der Waals surface area (Å²) in [6.45, 7) is 1.29. The van der Waals surface area contributed by atoms with Crippen LogP contribution in [0.3, 0.4) is 0 Å². The Bertz CT molecular complexity index is 971. The molecule has 1 aliphatic rings. The maximum Gasteiger partial charge on any atom is 0.435 e. The van der Waals surface area contributed by atoms with Gasteiger partial charge in [-0.05, 0) is 31.0 Å². The van der Waals surface area contributed by atoms with Gasteiger partial charge in [0.25, 0.3) is 0 Å². The number of hydrogen-bond donors (Lipinski definition) is 1. The Hall–Kier alpha value is -3.04. The summed E-state index contributed by atoms with van der Waals surface area (Å²) < 4.78 is 41.2. The predicted molar refractivity (Wildman–Crippen MR) is 94.5 cm³/mol. The van der Waals surface area contributed by atoms with Crippen LogP contribution in [0.25, 0.3) is 5.52 Å². The number of carbonyl (C=O) groups is 1. The summed E-state index contributed by atoms with van der Waals surface area (Å²) in [6, 6.07) is 6.37. The minimum absolute atomic E-state index is 0.139. The molecule has 2 amide bonds. The van der Waals surface area contributed by atoms with Crippen molar-refractivity contribution >= 4 is 11.5 Å². The van der Waals surface area contributed by atoms with Crippen molar-refractivity contribution in [3.05, 3.63) is 54.1 Å². The van der Waals surface area contributed by atoms with Gasteiger partial charge < -0.3 is 10.2 Å². The fourth-order valence-electron chi connectivity index (χ4n) is 3.43. The lowest BCUT2D eigenvalue weighted by Gasteiger charge is -2.32. The molecule has 7 nitrogen and oxygen atoms in total. The molecule has 1 saturated heterocycles. The molecule has 0 bridgehead atoms. The number of alkyl halides is 3. The lowest BCUT2D eigenvalue weighted by molar-refractivity contribution is -0.141. The molecule has 4 heterocycles. The zero-order valence-electron chi connectivity index (χ0n) is 14.9. The predicted octanol–water partition coefficient (Wildman–Crippen LogP) is 3.10.